The third-order valence-corrected chi connectivity index (χ3v) is 3.60. The number of aliphatic hydroxyl groups excluding tert-OH is 1. The Hall–Kier alpha value is -0.610. The van der Waals surface area contributed by atoms with Gasteiger partial charge in [0.05, 0.1) is 0 Å². The van der Waals surface area contributed by atoms with E-state index in [2.05, 4.69) is 9.97 Å². The molecule has 84 valence electrons. The van der Waals surface area contributed by atoms with Crippen LogP contribution in [0.15, 0.2) is 5.16 Å². The number of nitrogens with zero attached hydrogens (tertiary/aromatic N) is 2. The highest BCUT2D eigenvalue weighted by Gasteiger charge is 2.07. The molecule has 1 aromatic heterocycles. The van der Waals surface area contributed by atoms with Gasteiger partial charge in [0.15, 0.2) is 5.16 Å². The highest BCUT2D eigenvalue weighted by atomic mass is 32.2. The van der Waals surface area contributed by atoms with Crippen LogP contribution < -0.4 is 0 Å². The van der Waals surface area contributed by atoms with Crippen molar-refractivity contribution in [2.75, 3.05) is 12.4 Å². The molecule has 0 bridgehead atoms. The number of thioether (sulfide) groups is 1. The average Bonchev–Trinajstić information content (AvgIpc) is 2.22. The summed E-state index contributed by atoms with van der Waals surface area (Å²) in [6, 6.07) is 0. The van der Waals surface area contributed by atoms with Crippen LogP contribution in [0.3, 0.4) is 0 Å². The van der Waals surface area contributed by atoms with Crippen LogP contribution in [-0.4, -0.2) is 27.4 Å². The Kier molecular flexibility index (Phi) is 4.54. The second-order valence-corrected chi connectivity index (χ2v) is 4.89. The first-order chi connectivity index (χ1) is 7.04. The summed E-state index contributed by atoms with van der Waals surface area (Å²) in [5, 5.41) is 9.73. The summed E-state index contributed by atoms with van der Waals surface area (Å²) in [6.07, 6.45) is 0. The molecule has 4 heteroatoms. The highest BCUT2D eigenvalue weighted by molar-refractivity contribution is 7.99. The van der Waals surface area contributed by atoms with Crippen LogP contribution in [0.4, 0.5) is 0 Å². The number of hydrogen-bond acceptors (Lipinski definition) is 4. The summed E-state index contributed by atoms with van der Waals surface area (Å²) in [5.74, 6) is 1.15. The van der Waals surface area contributed by atoms with Gasteiger partial charge in [-0.25, -0.2) is 9.97 Å². The molecule has 0 saturated heterocycles. The molecule has 1 unspecified atom stereocenters. The molecule has 1 heterocycles. The van der Waals surface area contributed by atoms with Crippen molar-refractivity contribution >= 4 is 11.8 Å². The molecule has 0 aliphatic rings. The Balaban J connectivity index is 2.70. The molecule has 1 rings (SSSR count). The van der Waals surface area contributed by atoms with Gasteiger partial charge >= 0.3 is 0 Å². The van der Waals surface area contributed by atoms with Gasteiger partial charge < -0.3 is 5.11 Å². The molecular formula is C11H18N2OS. The molecule has 0 aromatic carbocycles. The number of hydrogen-bond donors (Lipinski definition) is 1. The summed E-state index contributed by atoms with van der Waals surface area (Å²) >= 11 is 1.61. The molecule has 1 N–H and O–H groups in total. The molecule has 0 saturated carbocycles. The molecule has 15 heavy (non-hydrogen) atoms. The second kappa shape index (κ2) is 5.47. The average molecular weight is 226 g/mol. The van der Waals surface area contributed by atoms with Crippen LogP contribution in [0.1, 0.15) is 23.9 Å². The van der Waals surface area contributed by atoms with Gasteiger partial charge in [-0.15, -0.1) is 0 Å². The van der Waals surface area contributed by atoms with E-state index in [0.717, 1.165) is 27.9 Å². The van der Waals surface area contributed by atoms with Crippen molar-refractivity contribution in [1.29, 1.82) is 0 Å². The molecule has 1 aromatic rings. The largest absolute Gasteiger partial charge is 0.396 e. The zero-order chi connectivity index (χ0) is 11.4. The van der Waals surface area contributed by atoms with Crippen LogP contribution >= 0.6 is 11.8 Å². The molecular weight excluding hydrogens is 208 g/mol. The first-order valence-corrected chi connectivity index (χ1v) is 6.08. The summed E-state index contributed by atoms with van der Waals surface area (Å²) < 4.78 is 0. The van der Waals surface area contributed by atoms with Gasteiger partial charge in [-0.3, -0.25) is 0 Å². The lowest BCUT2D eigenvalue weighted by Gasteiger charge is -2.08. The maximum atomic E-state index is 8.91. The zero-order valence-corrected chi connectivity index (χ0v) is 10.6. The van der Waals surface area contributed by atoms with Gasteiger partial charge in [-0.2, -0.15) is 0 Å². The van der Waals surface area contributed by atoms with Crippen molar-refractivity contribution in [3.8, 4) is 0 Å². The normalized spacial score (nSPS) is 12.9. The van der Waals surface area contributed by atoms with E-state index in [4.69, 9.17) is 5.11 Å². The molecule has 3 nitrogen and oxygen atoms in total. The Morgan fingerprint density at radius 1 is 1.20 bits per heavy atom. The quantitative estimate of drug-likeness (QED) is 0.631. The fourth-order valence-corrected chi connectivity index (χ4v) is 2.02. The maximum absolute atomic E-state index is 8.91. The Morgan fingerprint density at radius 2 is 1.73 bits per heavy atom. The van der Waals surface area contributed by atoms with E-state index in [1.165, 1.54) is 0 Å². The van der Waals surface area contributed by atoms with E-state index >= 15 is 0 Å². The number of aliphatic hydroxyl groups is 1. The van der Waals surface area contributed by atoms with Crippen LogP contribution in [-0.2, 0) is 0 Å². The van der Waals surface area contributed by atoms with E-state index in [1.54, 1.807) is 11.8 Å². The lowest BCUT2D eigenvalue weighted by Crippen LogP contribution is -2.05. The Labute approximate surface area is 95.3 Å². The summed E-state index contributed by atoms with van der Waals surface area (Å²) in [6.45, 7) is 8.28. The van der Waals surface area contributed by atoms with Gasteiger partial charge in [-0.1, -0.05) is 18.7 Å². The van der Waals surface area contributed by atoms with Crippen molar-refractivity contribution in [2.24, 2.45) is 5.92 Å². The molecule has 0 aliphatic carbocycles. The van der Waals surface area contributed by atoms with E-state index < -0.39 is 0 Å². The Morgan fingerprint density at radius 3 is 2.20 bits per heavy atom. The number of aromatic nitrogens is 2. The van der Waals surface area contributed by atoms with Crippen LogP contribution in [0.5, 0.6) is 0 Å². The molecule has 0 fully saturated rings. The van der Waals surface area contributed by atoms with Gasteiger partial charge in [0.2, 0.25) is 0 Å². The van der Waals surface area contributed by atoms with Crippen LogP contribution in [0, 0.1) is 26.7 Å². The van der Waals surface area contributed by atoms with Crippen LogP contribution in [0.25, 0.3) is 0 Å². The minimum absolute atomic E-state index is 0.219. The monoisotopic (exact) mass is 226 g/mol. The topological polar surface area (TPSA) is 46.0 Å². The second-order valence-electron chi connectivity index (χ2n) is 3.90. The molecule has 0 amide bonds. The predicted molar refractivity (Wildman–Crippen MR) is 63.2 cm³/mol. The fraction of sp³-hybridized carbons (Fsp3) is 0.636. The summed E-state index contributed by atoms with van der Waals surface area (Å²) in [7, 11) is 0. The lowest BCUT2D eigenvalue weighted by atomic mass is 10.2. The first-order valence-electron chi connectivity index (χ1n) is 5.10. The van der Waals surface area contributed by atoms with Crippen molar-refractivity contribution < 1.29 is 5.11 Å². The lowest BCUT2D eigenvalue weighted by molar-refractivity contribution is 0.250. The molecule has 0 radical (unpaired) electrons. The smallest absolute Gasteiger partial charge is 0.188 e. The third kappa shape index (κ3) is 3.47. The molecule has 0 spiro atoms. The fourth-order valence-electron chi connectivity index (χ4n) is 1.08. The van der Waals surface area contributed by atoms with E-state index in [0.29, 0.717) is 5.92 Å². The van der Waals surface area contributed by atoms with Gasteiger partial charge in [0, 0.05) is 23.7 Å². The predicted octanol–water partition coefficient (Wildman–Crippen LogP) is 2.12. The minimum Gasteiger partial charge on any atom is -0.396 e. The summed E-state index contributed by atoms with van der Waals surface area (Å²) in [5.41, 5.74) is 3.25. The van der Waals surface area contributed by atoms with Crippen molar-refractivity contribution in [2.45, 2.75) is 32.9 Å². The standard InChI is InChI=1S/C11H18N2OS/c1-7(5-14)6-15-11-12-9(3)8(2)10(4)13-11/h7,14H,5-6H2,1-4H3. The molecule has 0 aliphatic heterocycles. The van der Waals surface area contributed by atoms with Gasteiger partial charge in [0.25, 0.3) is 0 Å². The van der Waals surface area contributed by atoms with Gasteiger partial charge in [-0.05, 0) is 32.3 Å². The summed E-state index contributed by atoms with van der Waals surface area (Å²) in [4.78, 5) is 8.82. The zero-order valence-electron chi connectivity index (χ0n) is 9.74. The van der Waals surface area contributed by atoms with E-state index in [9.17, 15) is 0 Å². The number of aryl methyl sites for hydroxylation is 2. The van der Waals surface area contributed by atoms with Crippen molar-refractivity contribution in [3.05, 3.63) is 17.0 Å². The third-order valence-electron chi connectivity index (χ3n) is 2.42. The van der Waals surface area contributed by atoms with Crippen molar-refractivity contribution in [1.82, 2.24) is 9.97 Å². The highest BCUT2D eigenvalue weighted by Crippen LogP contribution is 2.19. The SMILES string of the molecule is Cc1nc(SCC(C)CO)nc(C)c1C. The van der Waals surface area contributed by atoms with E-state index in [1.807, 2.05) is 27.7 Å². The van der Waals surface area contributed by atoms with Gasteiger partial charge in [0.1, 0.15) is 0 Å². The maximum Gasteiger partial charge on any atom is 0.188 e. The first kappa shape index (κ1) is 12.5. The van der Waals surface area contributed by atoms with Crippen LogP contribution in [0.2, 0.25) is 0 Å². The molecule has 1 atom stereocenters. The Bertz CT molecular complexity index is 318. The van der Waals surface area contributed by atoms with Crippen molar-refractivity contribution in [3.63, 3.8) is 0 Å². The number of rotatable bonds is 4. The minimum atomic E-state index is 0.219. The van der Waals surface area contributed by atoms with E-state index in [-0.39, 0.29) is 6.61 Å².